The summed E-state index contributed by atoms with van der Waals surface area (Å²) < 4.78 is 28.9. The van der Waals surface area contributed by atoms with E-state index in [1.807, 2.05) is 37.3 Å². The molecule has 7 heteroatoms. The SMILES string of the molecule is C/C(c1ccccc1)=[N+](/[O-])C(CNS(=O)(=O)c1ccc(C)cc1)c1ccc(Cl)cc1. The summed E-state index contributed by atoms with van der Waals surface area (Å²) in [5.74, 6) is 0. The van der Waals surface area contributed by atoms with Crippen LogP contribution in [0.1, 0.15) is 29.7 Å². The van der Waals surface area contributed by atoms with Gasteiger partial charge in [-0.15, -0.1) is 0 Å². The molecule has 1 atom stereocenters. The van der Waals surface area contributed by atoms with Gasteiger partial charge in [0.25, 0.3) is 0 Å². The zero-order valence-electron chi connectivity index (χ0n) is 16.7. The van der Waals surface area contributed by atoms with Crippen molar-refractivity contribution in [2.75, 3.05) is 6.54 Å². The topological polar surface area (TPSA) is 72.2 Å². The standard InChI is InChI=1S/C23H23ClN2O3S/c1-17-8-14-22(15-9-17)30(28,29)25-16-23(20-10-12-21(24)13-11-20)26(27)18(2)19-6-4-3-5-7-19/h3-15,23,25H,16H2,1-2H3/b26-18-. The van der Waals surface area contributed by atoms with Gasteiger partial charge in [0.2, 0.25) is 16.1 Å². The number of halogens is 1. The molecule has 3 aromatic carbocycles. The number of benzene rings is 3. The zero-order valence-corrected chi connectivity index (χ0v) is 18.3. The first-order chi connectivity index (χ1) is 14.3. The Bertz CT molecular complexity index is 1130. The molecule has 0 bridgehead atoms. The van der Waals surface area contributed by atoms with Crippen molar-refractivity contribution < 1.29 is 13.2 Å². The molecule has 0 heterocycles. The van der Waals surface area contributed by atoms with Gasteiger partial charge in [-0.3, -0.25) is 0 Å². The van der Waals surface area contributed by atoms with Gasteiger partial charge in [-0.1, -0.05) is 59.6 Å². The average molecular weight is 443 g/mol. The number of hydrogen-bond donors (Lipinski definition) is 1. The molecule has 0 aliphatic heterocycles. The molecule has 0 amide bonds. The van der Waals surface area contributed by atoms with Crippen molar-refractivity contribution in [2.45, 2.75) is 24.8 Å². The Labute approximate surface area is 182 Å². The highest BCUT2D eigenvalue weighted by Gasteiger charge is 2.25. The highest BCUT2D eigenvalue weighted by molar-refractivity contribution is 7.89. The molecule has 0 aliphatic carbocycles. The molecule has 0 radical (unpaired) electrons. The average Bonchev–Trinajstić information content (AvgIpc) is 2.75. The molecule has 3 rings (SSSR count). The first-order valence-electron chi connectivity index (χ1n) is 9.45. The van der Waals surface area contributed by atoms with Crippen molar-refractivity contribution in [1.82, 2.24) is 4.72 Å². The Kier molecular flexibility index (Phi) is 6.92. The van der Waals surface area contributed by atoms with Crippen LogP contribution in [0.15, 0.2) is 83.8 Å². The number of aryl methyl sites for hydroxylation is 1. The number of sulfonamides is 1. The maximum atomic E-state index is 13.2. The molecule has 3 aromatic rings. The van der Waals surface area contributed by atoms with E-state index >= 15 is 0 Å². The third-order valence-corrected chi connectivity index (χ3v) is 6.55. The second kappa shape index (κ2) is 9.43. The summed E-state index contributed by atoms with van der Waals surface area (Å²) in [7, 11) is -3.76. The van der Waals surface area contributed by atoms with Gasteiger partial charge in [0.05, 0.1) is 11.4 Å². The second-order valence-electron chi connectivity index (χ2n) is 7.01. The molecule has 0 saturated carbocycles. The van der Waals surface area contributed by atoms with Crippen molar-refractivity contribution >= 4 is 27.3 Å². The fraction of sp³-hybridized carbons (Fsp3) is 0.174. The number of hydroxylamine groups is 1. The van der Waals surface area contributed by atoms with Gasteiger partial charge < -0.3 is 5.21 Å². The summed E-state index contributed by atoms with van der Waals surface area (Å²) in [6.07, 6.45) is 0. The van der Waals surface area contributed by atoms with Crippen molar-refractivity contribution in [3.05, 3.63) is 106 Å². The third kappa shape index (κ3) is 5.27. The molecule has 0 saturated heterocycles. The molecule has 0 aromatic heterocycles. The minimum Gasteiger partial charge on any atom is -0.623 e. The van der Waals surface area contributed by atoms with Gasteiger partial charge in [-0.05, 0) is 43.3 Å². The van der Waals surface area contributed by atoms with Crippen LogP contribution in [-0.2, 0) is 10.0 Å². The molecule has 30 heavy (non-hydrogen) atoms. The second-order valence-corrected chi connectivity index (χ2v) is 9.21. The van der Waals surface area contributed by atoms with Crippen molar-refractivity contribution in [2.24, 2.45) is 0 Å². The molecule has 156 valence electrons. The monoisotopic (exact) mass is 442 g/mol. The Morgan fingerprint density at radius 1 is 1.00 bits per heavy atom. The third-order valence-electron chi connectivity index (χ3n) is 4.86. The van der Waals surface area contributed by atoms with Crippen LogP contribution in [0, 0.1) is 12.1 Å². The minimum atomic E-state index is -3.76. The lowest BCUT2D eigenvalue weighted by Crippen LogP contribution is -2.34. The Morgan fingerprint density at radius 3 is 2.20 bits per heavy atom. The van der Waals surface area contributed by atoms with E-state index in [4.69, 9.17) is 11.6 Å². The maximum Gasteiger partial charge on any atom is 0.240 e. The van der Waals surface area contributed by atoms with Crippen LogP contribution in [-0.4, -0.2) is 25.4 Å². The number of rotatable bonds is 7. The summed E-state index contributed by atoms with van der Waals surface area (Å²) in [4.78, 5) is 0.157. The molecule has 1 N–H and O–H groups in total. The van der Waals surface area contributed by atoms with Crippen LogP contribution in [0.4, 0.5) is 0 Å². The number of hydrogen-bond acceptors (Lipinski definition) is 3. The molecule has 0 spiro atoms. The number of nitrogens with zero attached hydrogens (tertiary/aromatic N) is 1. The fourth-order valence-corrected chi connectivity index (χ4v) is 4.22. The highest BCUT2D eigenvalue weighted by atomic mass is 35.5. The van der Waals surface area contributed by atoms with Gasteiger partial charge in [0.15, 0.2) is 5.71 Å². The molecular formula is C23H23ClN2O3S. The van der Waals surface area contributed by atoms with E-state index in [1.54, 1.807) is 55.5 Å². The predicted molar refractivity (Wildman–Crippen MR) is 120 cm³/mol. The first kappa shape index (κ1) is 22.0. The minimum absolute atomic E-state index is 0.0918. The van der Waals surface area contributed by atoms with Crippen LogP contribution in [0.2, 0.25) is 5.02 Å². The van der Waals surface area contributed by atoms with Crippen LogP contribution >= 0.6 is 11.6 Å². The van der Waals surface area contributed by atoms with Gasteiger partial charge >= 0.3 is 0 Å². The highest BCUT2D eigenvalue weighted by Crippen LogP contribution is 2.21. The molecule has 0 fully saturated rings. The quantitative estimate of drug-likeness (QED) is 0.250. The zero-order chi connectivity index (χ0) is 21.7. The van der Waals surface area contributed by atoms with Crippen molar-refractivity contribution in [3.63, 3.8) is 0 Å². The summed E-state index contributed by atoms with van der Waals surface area (Å²) in [5, 5.41) is 13.8. The molecule has 0 aliphatic rings. The lowest BCUT2D eigenvalue weighted by Gasteiger charge is -2.20. The van der Waals surface area contributed by atoms with Crippen molar-refractivity contribution in [1.29, 1.82) is 0 Å². The molecular weight excluding hydrogens is 420 g/mol. The van der Waals surface area contributed by atoms with Crippen LogP contribution in [0.3, 0.4) is 0 Å². The van der Waals surface area contributed by atoms with Crippen LogP contribution in [0.25, 0.3) is 0 Å². The van der Waals surface area contributed by atoms with Crippen LogP contribution in [0.5, 0.6) is 0 Å². The summed E-state index contributed by atoms with van der Waals surface area (Å²) >= 11 is 5.99. The maximum absolute atomic E-state index is 13.2. The summed E-state index contributed by atoms with van der Waals surface area (Å²) in [5.41, 5.74) is 2.89. The van der Waals surface area contributed by atoms with Gasteiger partial charge in [0, 0.05) is 23.1 Å². The van der Waals surface area contributed by atoms with E-state index in [1.165, 1.54) is 0 Å². The Hall–Kier alpha value is -2.67. The Morgan fingerprint density at radius 2 is 1.60 bits per heavy atom. The smallest absolute Gasteiger partial charge is 0.240 e. The van der Waals surface area contributed by atoms with E-state index in [-0.39, 0.29) is 11.4 Å². The van der Waals surface area contributed by atoms with E-state index in [2.05, 4.69) is 4.72 Å². The van der Waals surface area contributed by atoms with Crippen LogP contribution < -0.4 is 4.72 Å². The Balaban J connectivity index is 1.94. The van der Waals surface area contributed by atoms with Gasteiger partial charge in [-0.25, -0.2) is 17.9 Å². The molecule has 1 unspecified atom stereocenters. The predicted octanol–water partition coefficient (Wildman–Crippen LogP) is 4.69. The fourth-order valence-electron chi connectivity index (χ4n) is 3.05. The first-order valence-corrected chi connectivity index (χ1v) is 11.3. The normalized spacial score (nSPS) is 13.6. The van der Waals surface area contributed by atoms with Crippen molar-refractivity contribution in [3.8, 4) is 0 Å². The number of nitrogens with one attached hydrogen (secondary N) is 1. The summed E-state index contributed by atoms with van der Waals surface area (Å²) in [6.45, 7) is 3.52. The largest absolute Gasteiger partial charge is 0.623 e. The van der Waals surface area contributed by atoms with E-state index in [0.29, 0.717) is 16.3 Å². The van der Waals surface area contributed by atoms with E-state index in [9.17, 15) is 13.6 Å². The van der Waals surface area contributed by atoms with E-state index < -0.39 is 16.1 Å². The van der Waals surface area contributed by atoms with Gasteiger partial charge in [0.1, 0.15) is 0 Å². The lowest BCUT2D eigenvalue weighted by molar-refractivity contribution is -0.505. The molecule has 5 nitrogen and oxygen atoms in total. The lowest BCUT2D eigenvalue weighted by atomic mass is 10.1. The summed E-state index contributed by atoms with van der Waals surface area (Å²) in [6, 6.07) is 21.9. The van der Waals surface area contributed by atoms with E-state index in [0.717, 1.165) is 15.9 Å². The van der Waals surface area contributed by atoms with Gasteiger partial charge in [-0.2, -0.15) is 0 Å².